The molecule has 6 nitrogen and oxygen atoms in total. The van der Waals surface area contributed by atoms with Gasteiger partial charge >= 0.3 is 0 Å². The van der Waals surface area contributed by atoms with E-state index in [1.54, 1.807) is 0 Å². The predicted octanol–water partition coefficient (Wildman–Crippen LogP) is 4.31. The van der Waals surface area contributed by atoms with Crippen LogP contribution in [0.15, 0.2) is 35.2 Å². The van der Waals surface area contributed by atoms with Crippen molar-refractivity contribution in [1.29, 1.82) is 0 Å². The minimum absolute atomic E-state index is 0.0968. The lowest BCUT2D eigenvalue weighted by molar-refractivity contribution is -0.120. The molecular formula is C22H27ClN2O4S. The average Bonchev–Trinajstić information content (AvgIpc) is 2.70. The van der Waals surface area contributed by atoms with Gasteiger partial charge in [-0.25, -0.2) is 8.42 Å². The van der Waals surface area contributed by atoms with E-state index in [0.717, 1.165) is 22.4 Å². The molecule has 0 saturated carbocycles. The second kappa shape index (κ2) is 8.96. The van der Waals surface area contributed by atoms with Gasteiger partial charge in [0.2, 0.25) is 15.9 Å². The Labute approximate surface area is 183 Å². The van der Waals surface area contributed by atoms with Gasteiger partial charge in [-0.15, -0.1) is 0 Å². The Hall–Kier alpha value is -2.09. The van der Waals surface area contributed by atoms with Crippen LogP contribution in [-0.4, -0.2) is 38.8 Å². The SMILES string of the molecule is COc1ccc(S(=O)(=O)N2CCC[C@H](C(=O)Nc3c(C)cc(C)cc3C)C2)cc1Cl. The fourth-order valence-corrected chi connectivity index (χ4v) is 5.81. The van der Waals surface area contributed by atoms with Crippen molar-refractivity contribution in [2.75, 3.05) is 25.5 Å². The van der Waals surface area contributed by atoms with Crippen LogP contribution in [0.2, 0.25) is 5.02 Å². The number of rotatable bonds is 5. The lowest BCUT2D eigenvalue weighted by Crippen LogP contribution is -2.43. The molecule has 0 unspecified atom stereocenters. The summed E-state index contributed by atoms with van der Waals surface area (Å²) in [6.07, 6.45) is 1.26. The summed E-state index contributed by atoms with van der Waals surface area (Å²) in [5.41, 5.74) is 3.92. The first-order valence-electron chi connectivity index (χ1n) is 9.86. The number of benzene rings is 2. The van der Waals surface area contributed by atoms with Crippen molar-refractivity contribution in [1.82, 2.24) is 4.31 Å². The Morgan fingerprint density at radius 1 is 1.17 bits per heavy atom. The lowest BCUT2D eigenvalue weighted by atomic mass is 9.98. The quantitative estimate of drug-likeness (QED) is 0.736. The third kappa shape index (κ3) is 4.63. The first-order chi connectivity index (χ1) is 14.1. The molecule has 1 amide bonds. The van der Waals surface area contributed by atoms with Crippen molar-refractivity contribution in [3.8, 4) is 5.75 Å². The molecule has 2 aromatic rings. The van der Waals surface area contributed by atoms with Crippen LogP contribution in [0.25, 0.3) is 0 Å². The number of ether oxygens (including phenoxy) is 1. The summed E-state index contributed by atoms with van der Waals surface area (Å²) in [6, 6.07) is 8.44. The summed E-state index contributed by atoms with van der Waals surface area (Å²) in [5, 5.41) is 3.24. The summed E-state index contributed by atoms with van der Waals surface area (Å²) in [6.45, 7) is 6.45. The molecule has 0 aliphatic carbocycles. The molecule has 162 valence electrons. The van der Waals surface area contributed by atoms with Crippen molar-refractivity contribution in [2.24, 2.45) is 5.92 Å². The number of aryl methyl sites for hydroxylation is 3. The van der Waals surface area contributed by atoms with E-state index in [1.807, 2.05) is 32.9 Å². The summed E-state index contributed by atoms with van der Waals surface area (Å²) in [5.74, 6) is -0.157. The Balaban J connectivity index is 1.78. The van der Waals surface area contributed by atoms with Gasteiger partial charge in [0.25, 0.3) is 0 Å². The molecule has 1 N–H and O–H groups in total. The van der Waals surface area contributed by atoms with Gasteiger partial charge in [0.1, 0.15) is 5.75 Å². The maximum atomic E-state index is 13.1. The van der Waals surface area contributed by atoms with Crippen LogP contribution in [0.5, 0.6) is 5.75 Å². The van der Waals surface area contributed by atoms with Crippen molar-refractivity contribution >= 4 is 33.2 Å². The van der Waals surface area contributed by atoms with Crippen molar-refractivity contribution < 1.29 is 17.9 Å². The maximum Gasteiger partial charge on any atom is 0.243 e. The third-order valence-corrected chi connectivity index (χ3v) is 7.60. The molecule has 8 heteroatoms. The normalized spacial score (nSPS) is 17.6. The molecule has 1 fully saturated rings. The van der Waals surface area contributed by atoms with Gasteiger partial charge in [-0.2, -0.15) is 4.31 Å². The highest BCUT2D eigenvalue weighted by Crippen LogP contribution is 2.31. The zero-order chi connectivity index (χ0) is 22.1. The highest BCUT2D eigenvalue weighted by Gasteiger charge is 2.34. The summed E-state index contributed by atoms with van der Waals surface area (Å²) >= 11 is 6.11. The summed E-state index contributed by atoms with van der Waals surface area (Å²) in [4.78, 5) is 13.0. The Kier molecular flexibility index (Phi) is 6.75. The molecule has 1 aliphatic rings. The van der Waals surface area contributed by atoms with Crippen molar-refractivity contribution in [3.05, 3.63) is 52.0 Å². The zero-order valence-electron chi connectivity index (χ0n) is 17.7. The zero-order valence-corrected chi connectivity index (χ0v) is 19.2. The number of methoxy groups -OCH3 is 1. The minimum Gasteiger partial charge on any atom is -0.495 e. The number of carbonyl (C=O) groups is 1. The lowest BCUT2D eigenvalue weighted by Gasteiger charge is -2.31. The number of carbonyl (C=O) groups excluding carboxylic acids is 1. The van der Waals surface area contributed by atoms with Gasteiger partial charge in [-0.3, -0.25) is 4.79 Å². The summed E-state index contributed by atoms with van der Waals surface area (Å²) in [7, 11) is -2.28. The number of hydrogen-bond acceptors (Lipinski definition) is 4. The van der Waals surface area contributed by atoms with Gasteiger partial charge in [0.15, 0.2) is 0 Å². The summed E-state index contributed by atoms with van der Waals surface area (Å²) < 4.78 is 32.7. The Morgan fingerprint density at radius 2 is 1.83 bits per heavy atom. The van der Waals surface area contributed by atoms with E-state index in [4.69, 9.17) is 16.3 Å². The molecule has 1 aliphatic heterocycles. The number of sulfonamides is 1. The largest absolute Gasteiger partial charge is 0.495 e. The van der Waals surface area contributed by atoms with Crippen molar-refractivity contribution in [3.63, 3.8) is 0 Å². The molecule has 0 radical (unpaired) electrons. The van der Waals surface area contributed by atoms with E-state index in [2.05, 4.69) is 5.32 Å². The molecule has 2 aromatic carbocycles. The van der Waals surface area contributed by atoms with Crippen molar-refractivity contribution in [2.45, 2.75) is 38.5 Å². The number of nitrogens with zero attached hydrogens (tertiary/aromatic N) is 1. The van der Waals surface area contributed by atoms with E-state index in [9.17, 15) is 13.2 Å². The number of hydrogen-bond donors (Lipinski definition) is 1. The molecular weight excluding hydrogens is 424 g/mol. The molecule has 1 saturated heterocycles. The number of nitrogens with one attached hydrogen (secondary N) is 1. The second-order valence-corrected chi connectivity index (χ2v) is 10.1. The average molecular weight is 451 g/mol. The number of anilines is 1. The topological polar surface area (TPSA) is 75.7 Å². The molecule has 0 aromatic heterocycles. The fourth-order valence-electron chi connectivity index (χ4n) is 3.93. The molecule has 3 rings (SSSR count). The van der Waals surface area contributed by atoms with E-state index >= 15 is 0 Å². The van der Waals surface area contributed by atoms with Gasteiger partial charge < -0.3 is 10.1 Å². The second-order valence-electron chi connectivity index (χ2n) is 7.76. The van der Waals surface area contributed by atoms with Crippen LogP contribution < -0.4 is 10.1 Å². The van der Waals surface area contributed by atoms with E-state index in [1.165, 1.54) is 29.6 Å². The molecule has 30 heavy (non-hydrogen) atoms. The Morgan fingerprint density at radius 3 is 2.43 bits per heavy atom. The molecule has 1 heterocycles. The van der Waals surface area contributed by atoms with Gasteiger partial charge in [0.05, 0.1) is 22.9 Å². The van der Waals surface area contributed by atoms with E-state index < -0.39 is 15.9 Å². The van der Waals surface area contributed by atoms with Crippen LogP contribution >= 0.6 is 11.6 Å². The maximum absolute atomic E-state index is 13.1. The number of amides is 1. The Bertz CT molecular complexity index is 1050. The van der Waals surface area contributed by atoms with E-state index in [0.29, 0.717) is 25.1 Å². The highest BCUT2D eigenvalue weighted by atomic mass is 35.5. The van der Waals surface area contributed by atoms with Crippen LogP contribution in [0.3, 0.4) is 0 Å². The molecule has 1 atom stereocenters. The molecule has 0 spiro atoms. The standard InChI is InChI=1S/C22H27ClN2O4S/c1-14-10-15(2)21(16(3)11-14)24-22(26)17-6-5-9-25(13-17)30(27,28)18-7-8-20(29-4)19(23)12-18/h7-8,10-12,17H,5-6,9,13H2,1-4H3,(H,24,26)/t17-/m0/s1. The fraction of sp³-hybridized carbons (Fsp3) is 0.409. The van der Waals surface area contributed by atoms with E-state index in [-0.39, 0.29) is 22.4 Å². The van der Waals surface area contributed by atoms with Gasteiger partial charge in [-0.1, -0.05) is 29.3 Å². The number of halogens is 1. The van der Waals surface area contributed by atoms with Gasteiger partial charge in [-0.05, 0) is 62.9 Å². The van der Waals surface area contributed by atoms with Crippen LogP contribution in [0.4, 0.5) is 5.69 Å². The highest BCUT2D eigenvalue weighted by molar-refractivity contribution is 7.89. The van der Waals surface area contributed by atoms with Crippen LogP contribution in [0.1, 0.15) is 29.5 Å². The number of piperidine rings is 1. The predicted molar refractivity (Wildman–Crippen MR) is 119 cm³/mol. The third-order valence-electron chi connectivity index (χ3n) is 5.44. The molecule has 0 bridgehead atoms. The smallest absolute Gasteiger partial charge is 0.243 e. The minimum atomic E-state index is -3.76. The first-order valence-corrected chi connectivity index (χ1v) is 11.7. The van der Waals surface area contributed by atoms with Gasteiger partial charge in [0, 0.05) is 18.8 Å². The van der Waals surface area contributed by atoms with Crippen LogP contribution in [-0.2, 0) is 14.8 Å². The first kappa shape index (κ1) is 22.6. The van der Waals surface area contributed by atoms with Crippen LogP contribution in [0, 0.1) is 26.7 Å². The monoisotopic (exact) mass is 450 g/mol.